The number of fused-ring (bicyclic) bond motifs is 1. The van der Waals surface area contributed by atoms with E-state index in [-0.39, 0.29) is 29.7 Å². The first-order valence-corrected chi connectivity index (χ1v) is 8.54. The van der Waals surface area contributed by atoms with E-state index in [0.717, 1.165) is 12.1 Å². The summed E-state index contributed by atoms with van der Waals surface area (Å²) in [4.78, 5) is 27.9. The molecule has 1 fully saturated rings. The number of alkyl halides is 3. The fourth-order valence-electron chi connectivity index (χ4n) is 2.47. The summed E-state index contributed by atoms with van der Waals surface area (Å²) in [5.41, 5.74) is -1.42. The molecule has 0 bridgehead atoms. The monoisotopic (exact) mass is 391 g/mol. The van der Waals surface area contributed by atoms with Crippen molar-refractivity contribution in [3.8, 4) is 6.07 Å². The molecule has 0 spiro atoms. The van der Waals surface area contributed by atoms with E-state index in [0.29, 0.717) is 5.56 Å². The van der Waals surface area contributed by atoms with Crippen molar-refractivity contribution in [3.05, 3.63) is 61.9 Å². The average Bonchev–Trinajstić information content (AvgIpc) is 3.46. The number of aromatic amines is 2. The molecule has 1 aromatic carbocycles. The third-order valence-corrected chi connectivity index (χ3v) is 3.92. The molecule has 1 aliphatic rings. The van der Waals surface area contributed by atoms with Crippen LogP contribution in [0, 0.1) is 11.3 Å². The Morgan fingerprint density at radius 3 is 2.29 bits per heavy atom. The van der Waals surface area contributed by atoms with Crippen molar-refractivity contribution in [2.75, 3.05) is 0 Å². The Labute approximate surface area is 156 Å². The molecule has 1 saturated carbocycles. The minimum absolute atomic E-state index is 0.0272. The van der Waals surface area contributed by atoms with Crippen LogP contribution >= 0.6 is 0 Å². The molecule has 4 rings (SSSR count). The van der Waals surface area contributed by atoms with Gasteiger partial charge in [-0.1, -0.05) is 31.4 Å². The highest BCUT2D eigenvalue weighted by Gasteiger charge is 2.30. The van der Waals surface area contributed by atoms with Gasteiger partial charge in [0.25, 0.3) is 5.56 Å². The summed E-state index contributed by atoms with van der Waals surface area (Å²) in [6, 6.07) is 6.31. The number of halogens is 3. The SMILES string of the molecule is C1CC1.N#CCc1nn(Cc2ccc(C(F)(F)F)cc2)c2[nH]c(=O)[nH]c(=O)c12. The van der Waals surface area contributed by atoms with Gasteiger partial charge in [0.05, 0.1) is 30.3 Å². The zero-order valence-corrected chi connectivity index (χ0v) is 14.6. The van der Waals surface area contributed by atoms with E-state index >= 15 is 0 Å². The predicted octanol–water partition coefficient (Wildman–Crippen LogP) is 2.72. The first-order valence-electron chi connectivity index (χ1n) is 8.54. The highest BCUT2D eigenvalue weighted by atomic mass is 19.4. The lowest BCUT2D eigenvalue weighted by Gasteiger charge is -2.08. The average molecular weight is 391 g/mol. The van der Waals surface area contributed by atoms with Gasteiger partial charge in [-0.05, 0) is 17.7 Å². The van der Waals surface area contributed by atoms with Crippen LogP contribution in [0.25, 0.3) is 11.0 Å². The third kappa shape index (κ3) is 4.49. The number of nitriles is 1. The van der Waals surface area contributed by atoms with Crippen molar-refractivity contribution in [2.45, 2.75) is 38.4 Å². The summed E-state index contributed by atoms with van der Waals surface area (Å²) in [5.74, 6) is 0. The summed E-state index contributed by atoms with van der Waals surface area (Å²) in [6.45, 7) is 0.0272. The van der Waals surface area contributed by atoms with Gasteiger partial charge in [-0.2, -0.15) is 23.5 Å². The second kappa shape index (κ2) is 7.72. The normalized spacial score (nSPS) is 12.9. The van der Waals surface area contributed by atoms with Crippen LogP contribution in [-0.4, -0.2) is 19.7 Å². The Hall–Kier alpha value is -3.35. The molecule has 0 amide bonds. The van der Waals surface area contributed by atoms with Gasteiger partial charge >= 0.3 is 11.9 Å². The van der Waals surface area contributed by atoms with Crippen LogP contribution < -0.4 is 11.2 Å². The number of aromatic nitrogens is 4. The number of H-pyrrole nitrogens is 2. The largest absolute Gasteiger partial charge is 0.416 e. The lowest BCUT2D eigenvalue weighted by Crippen LogP contribution is -2.22. The highest BCUT2D eigenvalue weighted by Crippen LogP contribution is 2.29. The van der Waals surface area contributed by atoms with Gasteiger partial charge in [-0.3, -0.25) is 14.8 Å². The Bertz CT molecular complexity index is 1130. The zero-order chi connectivity index (χ0) is 20.3. The number of hydrogen-bond acceptors (Lipinski definition) is 4. The number of hydrogen-bond donors (Lipinski definition) is 2. The molecule has 2 aromatic heterocycles. The van der Waals surface area contributed by atoms with Gasteiger partial charge in [0, 0.05) is 0 Å². The molecule has 10 heteroatoms. The van der Waals surface area contributed by atoms with Crippen LogP contribution in [0.5, 0.6) is 0 Å². The standard InChI is InChI=1S/C15H10F3N5O2.C3H6/c16-15(17,18)9-3-1-8(2-4-9)7-23-12-11(10(22-23)5-6-19)13(24)21-14(25)20-12;1-2-3-1/h1-4H,5,7H2,(H2,20,21,24,25);1-3H2. The summed E-state index contributed by atoms with van der Waals surface area (Å²) in [7, 11) is 0. The Morgan fingerprint density at radius 2 is 1.75 bits per heavy atom. The Morgan fingerprint density at radius 1 is 1.11 bits per heavy atom. The van der Waals surface area contributed by atoms with Gasteiger partial charge in [-0.25, -0.2) is 9.48 Å². The lowest BCUT2D eigenvalue weighted by molar-refractivity contribution is -0.137. The summed E-state index contributed by atoms with van der Waals surface area (Å²) in [5, 5.41) is 13.0. The maximum absolute atomic E-state index is 12.6. The molecular weight excluding hydrogens is 375 g/mol. The first-order chi connectivity index (χ1) is 13.3. The maximum Gasteiger partial charge on any atom is 0.416 e. The molecule has 146 valence electrons. The van der Waals surface area contributed by atoms with Crippen molar-refractivity contribution < 1.29 is 13.2 Å². The van der Waals surface area contributed by atoms with Crippen LogP contribution in [0.15, 0.2) is 33.9 Å². The number of nitrogens with one attached hydrogen (secondary N) is 2. The van der Waals surface area contributed by atoms with Crippen LogP contribution in [0.2, 0.25) is 0 Å². The molecule has 0 aliphatic heterocycles. The van der Waals surface area contributed by atoms with E-state index in [9.17, 15) is 22.8 Å². The smallest absolute Gasteiger partial charge is 0.292 e. The van der Waals surface area contributed by atoms with Crippen LogP contribution in [-0.2, 0) is 19.1 Å². The molecule has 28 heavy (non-hydrogen) atoms. The lowest BCUT2D eigenvalue weighted by atomic mass is 10.1. The molecule has 7 nitrogen and oxygen atoms in total. The number of benzene rings is 1. The second-order valence-corrected chi connectivity index (χ2v) is 6.33. The van der Waals surface area contributed by atoms with Crippen molar-refractivity contribution in [2.24, 2.45) is 0 Å². The third-order valence-electron chi connectivity index (χ3n) is 3.92. The second-order valence-electron chi connectivity index (χ2n) is 6.33. The minimum Gasteiger partial charge on any atom is -0.292 e. The molecular formula is C18H16F3N5O2. The quantitative estimate of drug-likeness (QED) is 0.716. The fourth-order valence-corrected chi connectivity index (χ4v) is 2.47. The minimum atomic E-state index is -4.44. The molecule has 2 N–H and O–H groups in total. The van der Waals surface area contributed by atoms with E-state index < -0.39 is 23.0 Å². The molecule has 0 atom stereocenters. The molecule has 0 radical (unpaired) electrons. The van der Waals surface area contributed by atoms with Gasteiger partial charge in [0.1, 0.15) is 11.0 Å². The van der Waals surface area contributed by atoms with Gasteiger partial charge in [0.15, 0.2) is 0 Å². The summed E-state index contributed by atoms with van der Waals surface area (Å²) in [6.07, 6.45) is -0.0823. The predicted molar refractivity (Wildman–Crippen MR) is 94.7 cm³/mol. The topological polar surface area (TPSA) is 107 Å². The highest BCUT2D eigenvalue weighted by molar-refractivity contribution is 5.77. The van der Waals surface area contributed by atoms with Crippen molar-refractivity contribution >= 4 is 11.0 Å². The van der Waals surface area contributed by atoms with Crippen LogP contribution in [0.4, 0.5) is 13.2 Å². The van der Waals surface area contributed by atoms with Crippen LogP contribution in [0.1, 0.15) is 36.1 Å². The molecule has 0 saturated heterocycles. The van der Waals surface area contributed by atoms with Crippen molar-refractivity contribution in [3.63, 3.8) is 0 Å². The zero-order valence-electron chi connectivity index (χ0n) is 14.6. The van der Waals surface area contributed by atoms with Gasteiger partial charge in [-0.15, -0.1) is 0 Å². The van der Waals surface area contributed by atoms with Crippen LogP contribution in [0.3, 0.4) is 0 Å². The van der Waals surface area contributed by atoms with E-state index in [2.05, 4.69) is 15.1 Å². The number of nitrogens with zero attached hydrogens (tertiary/aromatic N) is 3. The van der Waals surface area contributed by atoms with Crippen molar-refractivity contribution in [1.29, 1.82) is 5.26 Å². The first kappa shape index (κ1) is 19.4. The Balaban J connectivity index is 0.000000684. The van der Waals surface area contributed by atoms with E-state index in [1.807, 2.05) is 6.07 Å². The van der Waals surface area contributed by atoms with E-state index in [4.69, 9.17) is 5.26 Å². The molecule has 0 unspecified atom stereocenters. The summed E-state index contributed by atoms with van der Waals surface area (Å²) < 4.78 is 39.1. The fraction of sp³-hybridized carbons (Fsp3) is 0.333. The van der Waals surface area contributed by atoms with Gasteiger partial charge < -0.3 is 0 Å². The van der Waals surface area contributed by atoms with E-state index in [1.165, 1.54) is 36.1 Å². The van der Waals surface area contributed by atoms with Gasteiger partial charge in [0.2, 0.25) is 0 Å². The Kier molecular flexibility index (Phi) is 5.35. The summed E-state index contributed by atoms with van der Waals surface area (Å²) >= 11 is 0. The molecule has 1 aliphatic carbocycles. The van der Waals surface area contributed by atoms with E-state index in [1.54, 1.807) is 0 Å². The number of rotatable bonds is 3. The molecule has 2 heterocycles. The van der Waals surface area contributed by atoms with Crippen molar-refractivity contribution in [1.82, 2.24) is 19.7 Å². The molecule has 3 aromatic rings. The maximum atomic E-state index is 12.6.